The van der Waals surface area contributed by atoms with Crippen LogP contribution < -0.4 is 0 Å². The molecule has 0 radical (unpaired) electrons. The molecule has 1 spiro atoms. The minimum Gasteiger partial charge on any atom is -0.462 e. The molecular formula is C55H86O28S2. The van der Waals surface area contributed by atoms with Gasteiger partial charge in [0, 0.05) is 19.4 Å². The highest BCUT2D eigenvalue weighted by Crippen LogP contribution is 2.77. The molecule has 27 atom stereocenters. The van der Waals surface area contributed by atoms with Gasteiger partial charge in [-0.2, -0.15) is 16.8 Å². The number of carbonyl (C=O) groups is 2. The fraction of sp³-hybridized carbons (Fsp3) is 0.891. The van der Waals surface area contributed by atoms with E-state index in [0.29, 0.717) is 44.9 Å². The number of hydrogen-bond donors (Lipinski definition) is 9. The number of rotatable bonds is 19. The molecule has 5 aliphatic heterocycles. The lowest BCUT2D eigenvalue weighted by atomic mass is 9.41. The molecule has 5 heterocycles. The molecule has 0 amide bonds. The largest absolute Gasteiger partial charge is 0.462 e. The van der Waals surface area contributed by atoms with Crippen molar-refractivity contribution in [3.8, 4) is 0 Å². The van der Waals surface area contributed by atoms with Crippen molar-refractivity contribution < 1.29 is 132 Å². The molecule has 8 fully saturated rings. The van der Waals surface area contributed by atoms with Gasteiger partial charge in [0.2, 0.25) is 0 Å². The maximum Gasteiger partial charge on any atom is 0.397 e. The number of carbonyl (C=O) groups excluding carboxylic acids is 2. The van der Waals surface area contributed by atoms with Crippen LogP contribution in [0, 0.1) is 39.4 Å². The van der Waals surface area contributed by atoms with Crippen molar-refractivity contribution in [3.63, 3.8) is 0 Å². The van der Waals surface area contributed by atoms with Gasteiger partial charge >= 0.3 is 32.7 Å². The summed E-state index contributed by atoms with van der Waals surface area (Å²) in [4.78, 5) is 27.5. The van der Waals surface area contributed by atoms with Crippen LogP contribution in [0.15, 0.2) is 23.8 Å². The van der Waals surface area contributed by atoms with Gasteiger partial charge in [0.15, 0.2) is 25.2 Å². The molecular weight excluding hydrogens is 1170 g/mol. The zero-order valence-electron chi connectivity index (χ0n) is 49.1. The molecule has 486 valence electrons. The summed E-state index contributed by atoms with van der Waals surface area (Å²) in [5.74, 6) is -1.10. The molecule has 3 saturated carbocycles. The van der Waals surface area contributed by atoms with Crippen LogP contribution in [0.1, 0.15) is 113 Å². The van der Waals surface area contributed by atoms with E-state index in [1.54, 1.807) is 0 Å². The summed E-state index contributed by atoms with van der Waals surface area (Å²) in [6.45, 7) is 17.1. The van der Waals surface area contributed by atoms with E-state index in [-0.39, 0.29) is 29.1 Å². The molecule has 5 saturated heterocycles. The number of cyclic esters (lactones) is 1. The lowest BCUT2D eigenvalue weighted by Crippen LogP contribution is -2.66. The lowest BCUT2D eigenvalue weighted by Gasteiger charge is -2.64. The van der Waals surface area contributed by atoms with Crippen LogP contribution >= 0.6 is 0 Å². The van der Waals surface area contributed by atoms with E-state index in [1.165, 1.54) is 21.0 Å². The molecule has 9 rings (SSSR count). The fourth-order valence-corrected chi connectivity index (χ4v) is 17.3. The van der Waals surface area contributed by atoms with Crippen molar-refractivity contribution in [3.05, 3.63) is 23.8 Å². The Morgan fingerprint density at radius 1 is 0.741 bits per heavy atom. The first-order chi connectivity index (χ1) is 39.5. The van der Waals surface area contributed by atoms with E-state index in [4.69, 9.17) is 56.3 Å². The van der Waals surface area contributed by atoms with Crippen LogP contribution in [0.5, 0.6) is 0 Å². The topological polar surface area (TPSA) is 404 Å². The van der Waals surface area contributed by atoms with Crippen molar-refractivity contribution in [1.82, 2.24) is 0 Å². The van der Waals surface area contributed by atoms with Gasteiger partial charge in [-0.25, -0.2) is 8.37 Å². The van der Waals surface area contributed by atoms with Gasteiger partial charge in [-0.1, -0.05) is 44.9 Å². The molecule has 9 aliphatic rings. The van der Waals surface area contributed by atoms with E-state index in [0.717, 1.165) is 24.0 Å². The lowest BCUT2D eigenvalue weighted by molar-refractivity contribution is -0.386. The minimum absolute atomic E-state index is 0.00952. The highest BCUT2D eigenvalue weighted by Gasteiger charge is 2.79. The van der Waals surface area contributed by atoms with E-state index in [9.17, 15) is 71.3 Å². The van der Waals surface area contributed by atoms with Crippen molar-refractivity contribution in [2.75, 3.05) is 26.9 Å². The summed E-state index contributed by atoms with van der Waals surface area (Å²) in [5.41, 5.74) is -1.35. The van der Waals surface area contributed by atoms with Crippen LogP contribution in [-0.2, 0) is 90.9 Å². The summed E-state index contributed by atoms with van der Waals surface area (Å²) >= 11 is 0. The number of fused-ring (bicyclic) bond motifs is 4. The zero-order chi connectivity index (χ0) is 62.5. The van der Waals surface area contributed by atoms with Crippen molar-refractivity contribution in [1.29, 1.82) is 0 Å². The van der Waals surface area contributed by atoms with Crippen LogP contribution in [0.2, 0.25) is 0 Å². The predicted octanol–water partition coefficient (Wildman–Crippen LogP) is 0.447. The smallest absolute Gasteiger partial charge is 0.397 e. The summed E-state index contributed by atoms with van der Waals surface area (Å²) in [6.07, 6.45) is -25.4. The minimum atomic E-state index is -5.21. The molecule has 30 heteroatoms. The normalized spacial score (nSPS) is 48.0. The van der Waals surface area contributed by atoms with E-state index in [2.05, 4.69) is 44.5 Å². The summed E-state index contributed by atoms with van der Waals surface area (Å²) < 4.78 is 141. The Hall–Kier alpha value is -2.48. The Balaban J connectivity index is 0.925. The molecule has 28 nitrogen and oxygen atoms in total. The number of aliphatic hydroxyl groups is 7. The van der Waals surface area contributed by atoms with Crippen molar-refractivity contribution in [2.24, 2.45) is 39.4 Å². The number of allylic oxidation sites excluding steroid dienone is 3. The molecule has 4 aliphatic carbocycles. The number of esters is 2. The number of ether oxygens (including phenoxy) is 11. The van der Waals surface area contributed by atoms with Gasteiger partial charge in [-0.15, -0.1) is 6.58 Å². The van der Waals surface area contributed by atoms with Crippen molar-refractivity contribution in [2.45, 2.75) is 242 Å². The second-order valence-electron chi connectivity index (χ2n) is 26.1. The number of methoxy groups -OCH3 is 1. The SMILES string of the molecule is C=C(C)CCCC1(C)OC(=O)C23CCC4C(=CCC5C(C)(C)C(OC6OCC(OS(=O)(=O)O)C(O)C6OC6OC(C)C(OC7OC(COS(=O)(=O)O)C(O)C(OC8OCC(O)C(OC)C8O)C7O)C(O)C6O)CCC45C)C2(C)CC(OC(C)=O)C13. The average Bonchev–Trinajstić information content (AvgIpc) is 1.54. The Morgan fingerprint density at radius 2 is 1.39 bits per heavy atom. The second kappa shape index (κ2) is 24.6. The quantitative estimate of drug-likeness (QED) is 0.0481. The average molecular weight is 1260 g/mol. The number of aliphatic hydroxyl groups excluding tert-OH is 7. The third kappa shape index (κ3) is 12.4. The van der Waals surface area contributed by atoms with Gasteiger partial charge in [-0.3, -0.25) is 18.7 Å². The summed E-state index contributed by atoms with van der Waals surface area (Å²) in [7, 11) is -9.17. The van der Waals surface area contributed by atoms with E-state index < -0.39 is 191 Å². The summed E-state index contributed by atoms with van der Waals surface area (Å²) in [6, 6.07) is 0. The Labute approximate surface area is 494 Å². The first-order valence-corrected chi connectivity index (χ1v) is 31.7. The molecule has 27 unspecified atom stereocenters. The van der Waals surface area contributed by atoms with Gasteiger partial charge < -0.3 is 87.9 Å². The number of hydrogen-bond acceptors (Lipinski definition) is 26. The van der Waals surface area contributed by atoms with Gasteiger partial charge in [0.1, 0.15) is 91.1 Å². The first-order valence-electron chi connectivity index (χ1n) is 29.0. The van der Waals surface area contributed by atoms with Crippen LogP contribution in [0.3, 0.4) is 0 Å². The Bertz CT molecular complexity index is 2710. The molecule has 0 bridgehead atoms. The van der Waals surface area contributed by atoms with Crippen LogP contribution in [0.4, 0.5) is 0 Å². The van der Waals surface area contributed by atoms with Crippen molar-refractivity contribution >= 4 is 32.7 Å². The third-order valence-corrected chi connectivity index (χ3v) is 21.4. The first kappa shape index (κ1) is 66.9. The highest BCUT2D eigenvalue weighted by molar-refractivity contribution is 7.81. The van der Waals surface area contributed by atoms with Gasteiger partial charge in [0.05, 0.1) is 43.4 Å². The van der Waals surface area contributed by atoms with E-state index >= 15 is 0 Å². The second-order valence-corrected chi connectivity index (χ2v) is 28.3. The highest BCUT2D eigenvalue weighted by atomic mass is 32.3. The molecule has 9 N–H and O–H groups in total. The predicted molar refractivity (Wildman–Crippen MR) is 286 cm³/mol. The van der Waals surface area contributed by atoms with Gasteiger partial charge in [-0.05, 0) is 101 Å². The zero-order valence-corrected chi connectivity index (χ0v) is 50.8. The standard InChI is InChI=1S/C55H86O28S2/c1-24(2)12-11-17-54(9)45-30(76-26(4)56)20-53(8)28-13-14-33-51(5,6)34(16-18-52(33,7)27(28)15-19-55(45,53)50(64)82-54)78-49-44(36(59)32(22-73-49)83-85(68,69)70)81-47-38(61)37(60)41(25(3)75-47)79-48-40(63)43(35(58)31(77-48)23-74-84(65,66)67)80-46-39(62)42(71-10)29(57)21-72-46/h13,25,27,29-49,57-63H,1,11-12,14-23H2,2-10H3,(H,65,66,67)(H,68,69,70). The maximum absolute atomic E-state index is 14.7. The monoisotopic (exact) mass is 1260 g/mol. The van der Waals surface area contributed by atoms with Gasteiger partial charge in [0.25, 0.3) is 0 Å². The van der Waals surface area contributed by atoms with Crippen LogP contribution in [-0.4, -0.2) is 229 Å². The Kier molecular flexibility index (Phi) is 19.4. The summed E-state index contributed by atoms with van der Waals surface area (Å²) in [5, 5.41) is 79.2. The third-order valence-electron chi connectivity index (χ3n) is 20.4. The Morgan fingerprint density at radius 3 is 2.04 bits per heavy atom. The van der Waals surface area contributed by atoms with Crippen LogP contribution in [0.25, 0.3) is 0 Å². The molecule has 85 heavy (non-hydrogen) atoms. The fourth-order valence-electron chi connectivity index (χ4n) is 16.5. The van der Waals surface area contributed by atoms with E-state index in [1.807, 2.05) is 13.8 Å². The molecule has 0 aromatic rings. The molecule has 0 aromatic carbocycles. The maximum atomic E-state index is 14.7. The molecule has 0 aromatic heterocycles.